The molecule has 0 saturated carbocycles. The van der Waals surface area contributed by atoms with E-state index >= 15 is 0 Å². The minimum absolute atomic E-state index is 0.0562. The SMILES string of the molecule is Cc1cc(C)cc(N(C)CCC(N)CO)c1. The molecule has 0 aliphatic heterocycles. The van der Waals surface area contributed by atoms with Crippen LogP contribution in [0.3, 0.4) is 0 Å². The maximum Gasteiger partial charge on any atom is 0.0583 e. The lowest BCUT2D eigenvalue weighted by molar-refractivity contribution is 0.261. The van der Waals surface area contributed by atoms with Crippen molar-refractivity contribution in [2.45, 2.75) is 26.3 Å². The molecule has 0 amide bonds. The molecule has 0 fully saturated rings. The van der Waals surface area contributed by atoms with Crippen LogP contribution >= 0.6 is 0 Å². The number of anilines is 1. The second kappa shape index (κ2) is 5.87. The lowest BCUT2D eigenvalue weighted by atomic mass is 10.1. The number of aliphatic hydroxyl groups is 1. The van der Waals surface area contributed by atoms with Crippen LogP contribution in [0.4, 0.5) is 5.69 Å². The van der Waals surface area contributed by atoms with E-state index in [-0.39, 0.29) is 12.6 Å². The third-order valence-corrected chi connectivity index (χ3v) is 2.72. The van der Waals surface area contributed by atoms with Crippen molar-refractivity contribution < 1.29 is 5.11 Å². The zero-order valence-corrected chi connectivity index (χ0v) is 10.4. The molecular formula is C13H22N2O. The quantitative estimate of drug-likeness (QED) is 0.793. The van der Waals surface area contributed by atoms with Gasteiger partial charge in [0.25, 0.3) is 0 Å². The molecule has 0 radical (unpaired) electrons. The number of nitrogens with zero attached hydrogens (tertiary/aromatic N) is 1. The van der Waals surface area contributed by atoms with Crippen molar-refractivity contribution in [1.82, 2.24) is 0 Å². The van der Waals surface area contributed by atoms with Gasteiger partial charge in [-0.2, -0.15) is 0 Å². The molecular weight excluding hydrogens is 200 g/mol. The summed E-state index contributed by atoms with van der Waals surface area (Å²) in [7, 11) is 2.05. The van der Waals surface area contributed by atoms with Crippen LogP contribution < -0.4 is 10.6 Å². The smallest absolute Gasteiger partial charge is 0.0583 e. The second-order valence-corrected chi connectivity index (χ2v) is 4.50. The summed E-state index contributed by atoms with van der Waals surface area (Å²) < 4.78 is 0. The highest BCUT2D eigenvalue weighted by molar-refractivity contribution is 5.50. The molecule has 0 spiro atoms. The summed E-state index contributed by atoms with van der Waals surface area (Å²) in [5.41, 5.74) is 9.44. The van der Waals surface area contributed by atoms with Crippen molar-refractivity contribution in [3.8, 4) is 0 Å². The van der Waals surface area contributed by atoms with E-state index in [1.54, 1.807) is 0 Å². The highest BCUT2D eigenvalue weighted by atomic mass is 16.3. The molecule has 1 aromatic rings. The van der Waals surface area contributed by atoms with E-state index in [4.69, 9.17) is 10.8 Å². The molecule has 1 unspecified atom stereocenters. The van der Waals surface area contributed by atoms with Gasteiger partial charge in [0.2, 0.25) is 0 Å². The van der Waals surface area contributed by atoms with Gasteiger partial charge in [0.1, 0.15) is 0 Å². The van der Waals surface area contributed by atoms with Crippen LogP contribution in [0.2, 0.25) is 0 Å². The largest absolute Gasteiger partial charge is 0.395 e. The van der Waals surface area contributed by atoms with Crippen LogP contribution in [0.5, 0.6) is 0 Å². The first kappa shape index (κ1) is 13.0. The Kier molecular flexibility index (Phi) is 4.77. The molecule has 0 aromatic heterocycles. The van der Waals surface area contributed by atoms with E-state index in [0.29, 0.717) is 0 Å². The van der Waals surface area contributed by atoms with Crippen molar-refractivity contribution in [1.29, 1.82) is 0 Å². The summed E-state index contributed by atoms with van der Waals surface area (Å²) in [6.07, 6.45) is 0.806. The predicted molar refractivity (Wildman–Crippen MR) is 68.9 cm³/mol. The lowest BCUT2D eigenvalue weighted by Crippen LogP contribution is -2.30. The molecule has 0 aliphatic rings. The summed E-state index contributed by atoms with van der Waals surface area (Å²) >= 11 is 0. The van der Waals surface area contributed by atoms with Crippen molar-refractivity contribution >= 4 is 5.69 Å². The first-order valence-corrected chi connectivity index (χ1v) is 5.69. The van der Waals surface area contributed by atoms with Gasteiger partial charge < -0.3 is 15.7 Å². The molecule has 1 atom stereocenters. The van der Waals surface area contributed by atoms with Gasteiger partial charge in [0, 0.05) is 25.3 Å². The highest BCUT2D eigenvalue weighted by Gasteiger charge is 2.05. The summed E-state index contributed by atoms with van der Waals surface area (Å²) in [4.78, 5) is 2.18. The molecule has 0 saturated heterocycles. The molecule has 3 heteroatoms. The van der Waals surface area contributed by atoms with E-state index in [1.807, 2.05) is 0 Å². The Bertz CT molecular complexity index is 318. The van der Waals surface area contributed by atoms with Crippen LogP contribution in [0.1, 0.15) is 17.5 Å². The first-order chi connectivity index (χ1) is 7.52. The number of aliphatic hydroxyl groups excluding tert-OH is 1. The Labute approximate surface area is 97.9 Å². The van der Waals surface area contributed by atoms with E-state index in [9.17, 15) is 0 Å². The van der Waals surface area contributed by atoms with E-state index < -0.39 is 0 Å². The Hall–Kier alpha value is -1.06. The number of nitrogens with two attached hydrogens (primary N) is 1. The van der Waals surface area contributed by atoms with Crippen LogP contribution in [-0.2, 0) is 0 Å². The van der Waals surface area contributed by atoms with Crippen molar-refractivity contribution in [2.24, 2.45) is 5.73 Å². The van der Waals surface area contributed by atoms with Gasteiger partial charge in [-0.15, -0.1) is 0 Å². The van der Waals surface area contributed by atoms with Gasteiger partial charge >= 0.3 is 0 Å². The average Bonchev–Trinajstić information content (AvgIpc) is 2.23. The maximum atomic E-state index is 8.86. The molecule has 1 rings (SSSR count). The average molecular weight is 222 g/mol. The molecule has 0 aliphatic carbocycles. The molecule has 0 bridgehead atoms. The molecule has 3 N–H and O–H groups in total. The highest BCUT2D eigenvalue weighted by Crippen LogP contribution is 2.17. The zero-order valence-electron chi connectivity index (χ0n) is 10.4. The van der Waals surface area contributed by atoms with Gasteiger partial charge in [0.05, 0.1) is 6.61 Å². The third-order valence-electron chi connectivity index (χ3n) is 2.72. The van der Waals surface area contributed by atoms with Gasteiger partial charge in [-0.3, -0.25) is 0 Å². The topological polar surface area (TPSA) is 49.5 Å². The fourth-order valence-electron chi connectivity index (χ4n) is 1.75. The molecule has 90 valence electrons. The van der Waals surface area contributed by atoms with Gasteiger partial charge in [0.15, 0.2) is 0 Å². The predicted octanol–water partition coefficient (Wildman–Crippen LogP) is 1.45. The Balaban J connectivity index is 2.62. The van der Waals surface area contributed by atoms with Crippen LogP contribution in [0.15, 0.2) is 18.2 Å². The van der Waals surface area contributed by atoms with Crippen LogP contribution in [0, 0.1) is 13.8 Å². The maximum absolute atomic E-state index is 8.86. The summed E-state index contributed by atoms with van der Waals surface area (Å²) in [5.74, 6) is 0. The fraction of sp³-hybridized carbons (Fsp3) is 0.538. The second-order valence-electron chi connectivity index (χ2n) is 4.50. The van der Waals surface area contributed by atoms with Gasteiger partial charge in [-0.25, -0.2) is 0 Å². The van der Waals surface area contributed by atoms with Crippen molar-refractivity contribution in [2.75, 3.05) is 25.1 Å². The number of benzene rings is 1. The summed E-state index contributed by atoms with van der Waals surface area (Å²) in [5, 5.41) is 8.86. The third kappa shape index (κ3) is 3.83. The lowest BCUT2D eigenvalue weighted by Gasteiger charge is -2.21. The normalized spacial score (nSPS) is 12.6. The van der Waals surface area contributed by atoms with Gasteiger partial charge in [-0.05, 0) is 43.5 Å². The molecule has 3 nitrogen and oxygen atoms in total. The Morgan fingerprint density at radius 1 is 1.25 bits per heavy atom. The van der Waals surface area contributed by atoms with E-state index in [0.717, 1.165) is 13.0 Å². The van der Waals surface area contributed by atoms with E-state index in [2.05, 4.69) is 44.0 Å². The van der Waals surface area contributed by atoms with Crippen molar-refractivity contribution in [3.63, 3.8) is 0 Å². The van der Waals surface area contributed by atoms with Crippen LogP contribution in [0.25, 0.3) is 0 Å². The minimum Gasteiger partial charge on any atom is -0.395 e. The monoisotopic (exact) mass is 222 g/mol. The Morgan fingerprint density at radius 3 is 2.31 bits per heavy atom. The summed E-state index contributed by atoms with van der Waals surface area (Å²) in [6.45, 7) is 5.12. The fourth-order valence-corrected chi connectivity index (χ4v) is 1.75. The molecule has 0 heterocycles. The number of rotatable bonds is 5. The summed E-state index contributed by atoms with van der Waals surface area (Å²) in [6, 6.07) is 6.37. The van der Waals surface area contributed by atoms with E-state index in [1.165, 1.54) is 16.8 Å². The van der Waals surface area contributed by atoms with Crippen molar-refractivity contribution in [3.05, 3.63) is 29.3 Å². The zero-order chi connectivity index (χ0) is 12.1. The standard InChI is InChI=1S/C13H22N2O/c1-10-6-11(2)8-13(7-10)15(3)5-4-12(14)9-16/h6-8,12,16H,4-5,9,14H2,1-3H3. The molecule has 16 heavy (non-hydrogen) atoms. The number of hydrogen-bond donors (Lipinski definition) is 2. The minimum atomic E-state index is -0.117. The Morgan fingerprint density at radius 2 is 1.81 bits per heavy atom. The van der Waals surface area contributed by atoms with Gasteiger partial charge in [-0.1, -0.05) is 6.07 Å². The first-order valence-electron chi connectivity index (χ1n) is 5.69. The molecule has 1 aromatic carbocycles. The number of aryl methyl sites for hydroxylation is 2. The van der Waals surface area contributed by atoms with Crippen LogP contribution in [-0.4, -0.2) is 31.3 Å². The number of hydrogen-bond acceptors (Lipinski definition) is 3.